The van der Waals surface area contributed by atoms with Crippen LogP contribution in [0.4, 0.5) is 5.69 Å². The van der Waals surface area contributed by atoms with Crippen LogP contribution < -0.4 is 5.73 Å². The second-order valence-corrected chi connectivity index (χ2v) is 8.21. The van der Waals surface area contributed by atoms with Crippen molar-refractivity contribution in [3.8, 4) is 0 Å². The van der Waals surface area contributed by atoms with Gasteiger partial charge in [0.05, 0.1) is 4.90 Å². The number of nitrogens with zero attached hydrogens (tertiary/aromatic N) is 1. The van der Waals surface area contributed by atoms with E-state index in [4.69, 9.17) is 5.73 Å². The van der Waals surface area contributed by atoms with Crippen LogP contribution in [0.25, 0.3) is 0 Å². The van der Waals surface area contributed by atoms with Crippen LogP contribution in [0.15, 0.2) is 21.5 Å². The Morgan fingerprint density at radius 2 is 2.15 bits per heavy atom. The van der Waals surface area contributed by atoms with Crippen LogP contribution in [-0.2, 0) is 10.0 Å². The van der Waals surface area contributed by atoms with Crippen LogP contribution in [0.3, 0.4) is 0 Å². The second-order valence-electron chi connectivity index (χ2n) is 5.45. The maximum atomic E-state index is 12.7. The third kappa shape index (κ3) is 3.02. The first-order valence-corrected chi connectivity index (χ1v) is 9.15. The zero-order valence-electron chi connectivity index (χ0n) is 11.9. The number of sulfonamides is 1. The molecule has 0 bridgehead atoms. The largest absolute Gasteiger partial charge is 0.398 e. The van der Waals surface area contributed by atoms with E-state index < -0.39 is 10.0 Å². The van der Waals surface area contributed by atoms with Crippen molar-refractivity contribution in [1.82, 2.24) is 4.31 Å². The van der Waals surface area contributed by atoms with E-state index in [1.165, 1.54) is 0 Å². The molecule has 0 aliphatic carbocycles. The van der Waals surface area contributed by atoms with E-state index in [0.29, 0.717) is 29.6 Å². The Hall–Kier alpha value is -0.590. The molecule has 0 radical (unpaired) electrons. The number of hydrogen-bond donors (Lipinski definition) is 1. The van der Waals surface area contributed by atoms with Crippen molar-refractivity contribution >= 4 is 31.6 Å². The molecule has 1 heterocycles. The van der Waals surface area contributed by atoms with Gasteiger partial charge in [0.15, 0.2) is 0 Å². The van der Waals surface area contributed by atoms with E-state index in [2.05, 4.69) is 22.9 Å². The standard InChI is InChI=1S/C14H21BrN2O2S/c1-3-4-11-5-6-17(9-11)20(18,19)14-8-13(16)12(15)7-10(14)2/h7-8,11H,3-6,9,16H2,1-2H3. The van der Waals surface area contributed by atoms with Crippen molar-refractivity contribution in [2.45, 2.75) is 38.0 Å². The Morgan fingerprint density at radius 1 is 1.45 bits per heavy atom. The molecule has 1 unspecified atom stereocenters. The third-order valence-corrected chi connectivity index (χ3v) is 6.55. The summed E-state index contributed by atoms with van der Waals surface area (Å²) in [5, 5.41) is 0. The van der Waals surface area contributed by atoms with E-state index >= 15 is 0 Å². The van der Waals surface area contributed by atoms with Gasteiger partial charge >= 0.3 is 0 Å². The molecular weight excluding hydrogens is 340 g/mol. The van der Waals surface area contributed by atoms with Gasteiger partial charge in [-0.15, -0.1) is 0 Å². The minimum atomic E-state index is -3.43. The topological polar surface area (TPSA) is 63.4 Å². The molecule has 0 aromatic heterocycles. The predicted molar refractivity (Wildman–Crippen MR) is 85.1 cm³/mol. The van der Waals surface area contributed by atoms with Crippen molar-refractivity contribution in [3.63, 3.8) is 0 Å². The average molecular weight is 361 g/mol. The SMILES string of the molecule is CCCC1CCN(S(=O)(=O)c2cc(N)c(Br)cc2C)C1. The van der Waals surface area contributed by atoms with Gasteiger partial charge in [0.1, 0.15) is 0 Å². The van der Waals surface area contributed by atoms with Gasteiger partial charge in [0.25, 0.3) is 0 Å². The zero-order valence-corrected chi connectivity index (χ0v) is 14.3. The maximum absolute atomic E-state index is 12.7. The van der Waals surface area contributed by atoms with Crippen LogP contribution in [0, 0.1) is 12.8 Å². The second kappa shape index (κ2) is 6.03. The normalized spacial score (nSPS) is 20.4. The lowest BCUT2D eigenvalue weighted by atomic mass is 10.0. The van der Waals surface area contributed by atoms with Gasteiger partial charge in [-0.1, -0.05) is 13.3 Å². The number of nitrogen functional groups attached to an aromatic ring is 1. The molecular formula is C14H21BrN2O2S. The molecule has 1 aromatic rings. The first-order valence-electron chi connectivity index (χ1n) is 6.92. The monoisotopic (exact) mass is 360 g/mol. The van der Waals surface area contributed by atoms with E-state index in [1.54, 1.807) is 23.4 Å². The van der Waals surface area contributed by atoms with Crippen molar-refractivity contribution < 1.29 is 8.42 Å². The highest BCUT2D eigenvalue weighted by Crippen LogP contribution is 2.31. The molecule has 1 saturated heterocycles. The van der Waals surface area contributed by atoms with E-state index in [1.807, 2.05) is 0 Å². The lowest BCUT2D eigenvalue weighted by Crippen LogP contribution is -2.29. The molecule has 1 aromatic carbocycles. The summed E-state index contributed by atoms with van der Waals surface area (Å²) < 4.78 is 27.8. The van der Waals surface area contributed by atoms with Crippen LogP contribution >= 0.6 is 15.9 Å². The predicted octanol–water partition coefficient (Wildman–Crippen LogP) is 3.15. The highest BCUT2D eigenvalue weighted by Gasteiger charge is 2.33. The summed E-state index contributed by atoms with van der Waals surface area (Å²) in [6, 6.07) is 3.32. The summed E-state index contributed by atoms with van der Waals surface area (Å²) in [6.07, 6.45) is 3.15. The summed E-state index contributed by atoms with van der Waals surface area (Å²) in [5.74, 6) is 0.489. The minimum absolute atomic E-state index is 0.329. The fourth-order valence-corrected chi connectivity index (χ4v) is 4.98. The Morgan fingerprint density at radius 3 is 2.80 bits per heavy atom. The van der Waals surface area contributed by atoms with Gasteiger partial charge in [-0.3, -0.25) is 0 Å². The number of hydrogen-bond acceptors (Lipinski definition) is 3. The number of halogens is 1. The number of aryl methyl sites for hydroxylation is 1. The molecule has 0 saturated carbocycles. The Kier molecular flexibility index (Phi) is 4.76. The number of rotatable bonds is 4. The number of anilines is 1. The van der Waals surface area contributed by atoms with Gasteiger partial charge in [0.2, 0.25) is 10.0 Å². The lowest BCUT2D eigenvalue weighted by molar-refractivity contribution is 0.444. The first kappa shape index (κ1) is 15.8. The van der Waals surface area contributed by atoms with Crippen molar-refractivity contribution in [3.05, 3.63) is 22.2 Å². The van der Waals surface area contributed by atoms with E-state index in [-0.39, 0.29) is 0 Å². The smallest absolute Gasteiger partial charge is 0.243 e. The fraction of sp³-hybridized carbons (Fsp3) is 0.571. The molecule has 4 nitrogen and oxygen atoms in total. The van der Waals surface area contributed by atoms with Crippen LogP contribution in [0.1, 0.15) is 31.7 Å². The summed E-state index contributed by atoms with van der Waals surface area (Å²) in [7, 11) is -3.43. The summed E-state index contributed by atoms with van der Waals surface area (Å²) >= 11 is 3.33. The fourth-order valence-electron chi connectivity index (χ4n) is 2.74. The van der Waals surface area contributed by atoms with Gasteiger partial charge in [0, 0.05) is 23.2 Å². The van der Waals surface area contributed by atoms with Gasteiger partial charge in [-0.25, -0.2) is 8.42 Å². The lowest BCUT2D eigenvalue weighted by Gasteiger charge is -2.18. The van der Waals surface area contributed by atoms with Crippen molar-refractivity contribution in [2.24, 2.45) is 5.92 Å². The molecule has 1 fully saturated rings. The molecule has 0 spiro atoms. The summed E-state index contributed by atoms with van der Waals surface area (Å²) in [6.45, 7) is 5.18. The molecule has 6 heteroatoms. The number of nitrogens with two attached hydrogens (primary N) is 1. The van der Waals surface area contributed by atoms with Crippen LogP contribution in [0.2, 0.25) is 0 Å². The highest BCUT2D eigenvalue weighted by atomic mass is 79.9. The number of benzene rings is 1. The average Bonchev–Trinajstić information content (AvgIpc) is 2.83. The van der Waals surface area contributed by atoms with Gasteiger partial charge in [-0.05, 0) is 59.3 Å². The molecule has 1 atom stereocenters. The Balaban J connectivity index is 2.30. The molecule has 2 N–H and O–H groups in total. The molecule has 0 amide bonds. The summed E-state index contributed by atoms with van der Waals surface area (Å²) in [4.78, 5) is 0.329. The van der Waals surface area contributed by atoms with Crippen LogP contribution in [-0.4, -0.2) is 25.8 Å². The van der Waals surface area contributed by atoms with Crippen LogP contribution in [0.5, 0.6) is 0 Å². The first-order chi connectivity index (χ1) is 9.36. The molecule has 2 rings (SSSR count). The quantitative estimate of drug-likeness (QED) is 0.838. The maximum Gasteiger partial charge on any atom is 0.243 e. The van der Waals surface area contributed by atoms with Gasteiger partial charge < -0.3 is 5.73 Å². The van der Waals surface area contributed by atoms with Crippen molar-refractivity contribution in [2.75, 3.05) is 18.8 Å². The highest BCUT2D eigenvalue weighted by molar-refractivity contribution is 9.10. The molecule has 112 valence electrons. The van der Waals surface area contributed by atoms with E-state index in [0.717, 1.165) is 29.3 Å². The Labute approximate surface area is 129 Å². The zero-order chi connectivity index (χ0) is 14.9. The third-order valence-electron chi connectivity index (χ3n) is 3.86. The van der Waals surface area contributed by atoms with Gasteiger partial charge in [-0.2, -0.15) is 4.31 Å². The Bertz CT molecular complexity index is 601. The van der Waals surface area contributed by atoms with Crippen molar-refractivity contribution in [1.29, 1.82) is 0 Å². The van der Waals surface area contributed by atoms with E-state index in [9.17, 15) is 8.42 Å². The summed E-state index contributed by atoms with van der Waals surface area (Å²) in [5.41, 5.74) is 7.01. The minimum Gasteiger partial charge on any atom is -0.398 e. The molecule has 1 aliphatic rings. The molecule has 20 heavy (non-hydrogen) atoms. The molecule has 1 aliphatic heterocycles.